The van der Waals surface area contributed by atoms with Crippen LogP contribution in [0.3, 0.4) is 0 Å². The van der Waals surface area contributed by atoms with Gasteiger partial charge in [0, 0.05) is 11.1 Å². The number of rotatable bonds is 5. The number of amides is 1. The topological polar surface area (TPSA) is 60.7 Å². The van der Waals surface area contributed by atoms with E-state index < -0.39 is 5.91 Å². The van der Waals surface area contributed by atoms with Gasteiger partial charge in [-0.05, 0) is 61.7 Å². The Labute approximate surface area is 177 Å². The Morgan fingerprint density at radius 2 is 1.93 bits per heavy atom. The Kier molecular flexibility index (Phi) is 6.67. The molecule has 0 atom stereocenters. The monoisotopic (exact) mass is 428 g/mol. The van der Waals surface area contributed by atoms with Crippen molar-refractivity contribution in [3.63, 3.8) is 0 Å². The summed E-state index contributed by atoms with van der Waals surface area (Å²) < 4.78 is 7.77. The summed E-state index contributed by atoms with van der Waals surface area (Å²) in [7, 11) is 0. The highest BCUT2D eigenvalue weighted by Gasteiger charge is 2.13. The minimum absolute atomic E-state index is 0.00329. The van der Waals surface area contributed by atoms with Crippen molar-refractivity contribution < 1.29 is 14.3 Å². The lowest BCUT2D eigenvalue weighted by Crippen LogP contribution is -2.22. The van der Waals surface area contributed by atoms with Crippen LogP contribution in [0.5, 0.6) is 0 Å². The Balaban J connectivity index is 2.03. The highest BCUT2D eigenvalue weighted by molar-refractivity contribution is 7.16. The van der Waals surface area contributed by atoms with Gasteiger partial charge in [-0.3, -0.25) is 9.59 Å². The van der Waals surface area contributed by atoms with Crippen LogP contribution in [0.15, 0.2) is 47.5 Å². The van der Waals surface area contributed by atoms with Crippen molar-refractivity contribution in [3.05, 3.63) is 69.0 Å². The van der Waals surface area contributed by atoms with Gasteiger partial charge in [0.15, 0.2) is 4.80 Å². The molecule has 0 aliphatic rings. The average molecular weight is 429 g/mol. The molecule has 1 aromatic heterocycles. The average Bonchev–Trinajstić information content (AvgIpc) is 2.98. The summed E-state index contributed by atoms with van der Waals surface area (Å²) >= 11 is 7.48. The van der Waals surface area contributed by atoms with Gasteiger partial charge in [-0.2, -0.15) is 4.99 Å². The van der Waals surface area contributed by atoms with Gasteiger partial charge in [-0.25, -0.2) is 0 Å². The summed E-state index contributed by atoms with van der Waals surface area (Å²) in [5, 5.41) is 0.557. The molecule has 2 aromatic carbocycles. The molecule has 3 rings (SSSR count). The molecule has 29 heavy (non-hydrogen) atoms. The predicted octanol–water partition coefficient (Wildman–Crippen LogP) is 4.68. The summed E-state index contributed by atoms with van der Waals surface area (Å²) in [4.78, 5) is 29.2. The van der Waals surface area contributed by atoms with Gasteiger partial charge in [0.1, 0.15) is 6.54 Å². The number of hydrogen-bond donors (Lipinski definition) is 0. The molecule has 0 saturated heterocycles. The largest absolute Gasteiger partial charge is 0.465 e. The normalized spacial score (nSPS) is 12.1. The van der Waals surface area contributed by atoms with Crippen molar-refractivity contribution >= 4 is 51.1 Å². The van der Waals surface area contributed by atoms with Crippen molar-refractivity contribution in [2.45, 2.75) is 27.3 Å². The van der Waals surface area contributed by atoms with E-state index in [2.05, 4.69) is 4.99 Å². The zero-order valence-corrected chi connectivity index (χ0v) is 18.0. The second-order valence-electron chi connectivity index (χ2n) is 6.48. The zero-order chi connectivity index (χ0) is 21.0. The van der Waals surface area contributed by atoms with Gasteiger partial charge >= 0.3 is 5.97 Å². The molecule has 3 aromatic rings. The van der Waals surface area contributed by atoms with Gasteiger partial charge in [-0.15, -0.1) is 0 Å². The molecule has 0 saturated carbocycles. The highest BCUT2D eigenvalue weighted by atomic mass is 35.5. The van der Waals surface area contributed by atoms with Crippen LogP contribution >= 0.6 is 22.9 Å². The Morgan fingerprint density at radius 3 is 2.66 bits per heavy atom. The first-order chi connectivity index (χ1) is 13.9. The van der Waals surface area contributed by atoms with Gasteiger partial charge in [0.2, 0.25) is 0 Å². The van der Waals surface area contributed by atoms with Gasteiger partial charge in [0.25, 0.3) is 5.91 Å². The SMILES string of the molecule is CCOC(=O)Cn1c(=NC(=O)/C=C/c2ccccc2Cl)sc2cc(C)c(C)cc21. The second-order valence-corrected chi connectivity index (χ2v) is 7.90. The molecular formula is C22H21ClN2O3S. The van der Waals surface area contributed by atoms with Crippen LogP contribution < -0.4 is 4.80 Å². The number of aryl methyl sites for hydroxylation is 2. The molecule has 150 valence electrons. The lowest BCUT2D eigenvalue weighted by Gasteiger charge is -2.06. The number of esters is 1. The first-order valence-corrected chi connectivity index (χ1v) is 10.4. The van der Waals surface area contributed by atoms with Crippen LogP contribution in [0, 0.1) is 13.8 Å². The standard InChI is InChI=1S/C22H21ClN2O3S/c1-4-28-21(27)13-25-18-11-14(2)15(3)12-19(18)29-22(25)24-20(26)10-9-16-7-5-6-8-17(16)23/h5-12H,4,13H2,1-3H3/b10-9+,24-22?. The molecule has 0 bridgehead atoms. The molecule has 0 radical (unpaired) electrons. The number of nitrogens with zero attached hydrogens (tertiary/aromatic N) is 2. The Hall–Kier alpha value is -2.70. The number of ether oxygens (including phenoxy) is 1. The van der Waals surface area contributed by atoms with Crippen LogP contribution in [0.4, 0.5) is 0 Å². The minimum Gasteiger partial charge on any atom is -0.465 e. The van der Waals surface area contributed by atoms with Crippen LogP contribution in [0.2, 0.25) is 5.02 Å². The van der Waals surface area contributed by atoms with E-state index in [1.807, 2.05) is 44.2 Å². The molecule has 1 heterocycles. The molecule has 7 heteroatoms. The van der Waals surface area contributed by atoms with E-state index >= 15 is 0 Å². The first-order valence-electron chi connectivity index (χ1n) is 9.16. The maximum absolute atomic E-state index is 12.5. The lowest BCUT2D eigenvalue weighted by molar-refractivity contribution is -0.143. The maximum atomic E-state index is 12.5. The predicted molar refractivity (Wildman–Crippen MR) is 117 cm³/mol. The van der Waals surface area contributed by atoms with E-state index in [1.165, 1.54) is 17.4 Å². The molecule has 0 N–H and O–H groups in total. The summed E-state index contributed by atoms with van der Waals surface area (Å²) in [6.45, 7) is 6.09. The summed E-state index contributed by atoms with van der Waals surface area (Å²) in [5.74, 6) is -0.798. The Bertz CT molecular complexity index is 1170. The maximum Gasteiger partial charge on any atom is 0.326 e. The van der Waals surface area contributed by atoms with E-state index in [4.69, 9.17) is 16.3 Å². The van der Waals surface area contributed by atoms with Crippen LogP contribution in [-0.2, 0) is 20.9 Å². The van der Waals surface area contributed by atoms with Crippen molar-refractivity contribution in [1.29, 1.82) is 0 Å². The third kappa shape index (κ3) is 5.02. The van der Waals surface area contributed by atoms with Gasteiger partial charge in [-0.1, -0.05) is 41.1 Å². The fraction of sp³-hybridized carbons (Fsp3) is 0.227. The number of carbonyl (C=O) groups is 2. The van der Waals surface area contributed by atoms with Crippen molar-refractivity contribution in [2.75, 3.05) is 6.61 Å². The van der Waals surface area contributed by atoms with E-state index in [-0.39, 0.29) is 12.5 Å². The molecule has 0 unspecified atom stereocenters. The fourth-order valence-electron chi connectivity index (χ4n) is 2.80. The highest BCUT2D eigenvalue weighted by Crippen LogP contribution is 2.22. The van der Waals surface area contributed by atoms with E-state index in [1.54, 1.807) is 23.6 Å². The van der Waals surface area contributed by atoms with E-state index in [0.717, 1.165) is 26.9 Å². The number of thiazole rings is 1. The third-order valence-corrected chi connectivity index (χ3v) is 5.79. The summed E-state index contributed by atoms with van der Waals surface area (Å²) in [6.07, 6.45) is 3.00. The lowest BCUT2D eigenvalue weighted by atomic mass is 10.1. The zero-order valence-electron chi connectivity index (χ0n) is 16.4. The van der Waals surface area contributed by atoms with Crippen LogP contribution in [-0.4, -0.2) is 23.1 Å². The number of aromatic nitrogens is 1. The summed E-state index contributed by atoms with van der Waals surface area (Å²) in [6, 6.07) is 11.3. The van der Waals surface area contributed by atoms with Crippen molar-refractivity contribution in [2.24, 2.45) is 4.99 Å². The molecule has 0 spiro atoms. The molecular weight excluding hydrogens is 408 g/mol. The number of carbonyl (C=O) groups excluding carboxylic acids is 2. The minimum atomic E-state index is -0.428. The third-order valence-electron chi connectivity index (χ3n) is 4.41. The number of halogens is 1. The number of hydrogen-bond acceptors (Lipinski definition) is 4. The number of fused-ring (bicyclic) bond motifs is 1. The molecule has 0 fully saturated rings. The number of benzene rings is 2. The van der Waals surface area contributed by atoms with Crippen LogP contribution in [0.1, 0.15) is 23.6 Å². The van der Waals surface area contributed by atoms with Gasteiger partial charge < -0.3 is 9.30 Å². The van der Waals surface area contributed by atoms with Crippen LogP contribution in [0.25, 0.3) is 16.3 Å². The molecule has 5 nitrogen and oxygen atoms in total. The smallest absolute Gasteiger partial charge is 0.326 e. The Morgan fingerprint density at radius 1 is 1.21 bits per heavy atom. The first kappa shape index (κ1) is 21.0. The van der Waals surface area contributed by atoms with E-state index in [9.17, 15) is 9.59 Å². The summed E-state index contributed by atoms with van der Waals surface area (Å²) in [5.41, 5.74) is 3.83. The molecule has 1 amide bonds. The van der Waals surface area contributed by atoms with Gasteiger partial charge in [0.05, 0.1) is 16.8 Å². The molecule has 0 aliphatic carbocycles. The van der Waals surface area contributed by atoms with Crippen molar-refractivity contribution in [3.8, 4) is 0 Å². The van der Waals surface area contributed by atoms with Crippen molar-refractivity contribution in [1.82, 2.24) is 4.57 Å². The second kappa shape index (κ2) is 9.20. The molecule has 0 aliphatic heterocycles. The van der Waals surface area contributed by atoms with E-state index in [0.29, 0.717) is 16.4 Å². The quantitative estimate of drug-likeness (QED) is 0.438. The fourth-order valence-corrected chi connectivity index (χ4v) is 4.11.